The van der Waals surface area contributed by atoms with E-state index in [4.69, 9.17) is 0 Å². The third-order valence-electron chi connectivity index (χ3n) is 5.50. The summed E-state index contributed by atoms with van der Waals surface area (Å²) in [6, 6.07) is 6.90. The van der Waals surface area contributed by atoms with Gasteiger partial charge in [0.25, 0.3) is 0 Å². The van der Waals surface area contributed by atoms with Crippen LogP contribution in [0, 0.1) is 11.8 Å². The van der Waals surface area contributed by atoms with E-state index in [0.717, 1.165) is 49.8 Å². The molecule has 2 atom stereocenters. The van der Waals surface area contributed by atoms with Gasteiger partial charge in [0.2, 0.25) is 17.7 Å². The molecule has 1 aromatic carbocycles. The first kappa shape index (κ1) is 19.4. The number of hydrogen-bond acceptors (Lipinski definition) is 3. The molecule has 6 nitrogen and oxygen atoms in total. The van der Waals surface area contributed by atoms with Crippen LogP contribution >= 0.6 is 0 Å². The maximum atomic E-state index is 12.8. The normalized spacial score (nSPS) is 19.2. The zero-order valence-corrected chi connectivity index (χ0v) is 16.1. The van der Waals surface area contributed by atoms with Gasteiger partial charge in [0.15, 0.2) is 0 Å². The second-order valence-electron chi connectivity index (χ2n) is 7.84. The van der Waals surface area contributed by atoms with Crippen LogP contribution in [0.1, 0.15) is 64.0 Å². The predicted octanol–water partition coefficient (Wildman–Crippen LogP) is 2.91. The smallest absolute Gasteiger partial charge is 0.243 e. The minimum Gasteiger partial charge on any atom is -0.348 e. The number of rotatable bonds is 7. The molecule has 3 rings (SSSR count). The lowest BCUT2D eigenvalue weighted by atomic mass is 9.96. The molecule has 146 valence electrons. The van der Waals surface area contributed by atoms with Crippen molar-refractivity contribution in [3.8, 4) is 0 Å². The molecule has 27 heavy (non-hydrogen) atoms. The number of carbonyl (C=O) groups excluding carboxylic acids is 3. The minimum absolute atomic E-state index is 0.0822. The molecule has 0 heterocycles. The summed E-state index contributed by atoms with van der Waals surface area (Å²) in [5.41, 5.74) is 1.73. The second-order valence-corrected chi connectivity index (χ2v) is 7.84. The van der Waals surface area contributed by atoms with E-state index in [0.29, 0.717) is 0 Å². The molecule has 3 amide bonds. The molecular weight excluding hydrogens is 342 g/mol. The molecule has 2 unspecified atom stereocenters. The summed E-state index contributed by atoms with van der Waals surface area (Å²) in [5, 5.41) is 8.77. The van der Waals surface area contributed by atoms with Gasteiger partial charge in [-0.3, -0.25) is 14.4 Å². The number of amides is 3. The Hall–Kier alpha value is -2.37. The van der Waals surface area contributed by atoms with Crippen LogP contribution < -0.4 is 16.0 Å². The first-order valence-electron chi connectivity index (χ1n) is 9.92. The maximum Gasteiger partial charge on any atom is 0.243 e. The molecular formula is C21H29N3O3. The zero-order chi connectivity index (χ0) is 19.4. The lowest BCUT2D eigenvalue weighted by molar-refractivity contribution is -0.129. The Bertz CT molecular complexity index is 691. The lowest BCUT2D eigenvalue weighted by Gasteiger charge is -2.25. The van der Waals surface area contributed by atoms with Gasteiger partial charge in [-0.25, -0.2) is 0 Å². The van der Waals surface area contributed by atoms with Crippen LogP contribution in [0.4, 0.5) is 5.69 Å². The van der Waals surface area contributed by atoms with Crippen molar-refractivity contribution < 1.29 is 14.4 Å². The molecule has 2 aliphatic rings. The third kappa shape index (κ3) is 5.31. The van der Waals surface area contributed by atoms with E-state index in [1.807, 2.05) is 31.2 Å². The third-order valence-corrected chi connectivity index (χ3v) is 5.50. The van der Waals surface area contributed by atoms with Crippen molar-refractivity contribution in [1.82, 2.24) is 10.6 Å². The number of hydrogen-bond donors (Lipinski definition) is 3. The molecule has 0 bridgehead atoms. The summed E-state index contributed by atoms with van der Waals surface area (Å²) in [5.74, 6) is 0.158. The lowest BCUT2D eigenvalue weighted by Crippen LogP contribution is -2.50. The summed E-state index contributed by atoms with van der Waals surface area (Å²) in [6.07, 6.45) is 6.12. The Balaban J connectivity index is 1.58. The number of nitrogens with one attached hydrogen (secondary N) is 3. The van der Waals surface area contributed by atoms with Gasteiger partial charge in [-0.05, 0) is 56.2 Å². The highest BCUT2D eigenvalue weighted by Crippen LogP contribution is 2.30. The van der Waals surface area contributed by atoms with E-state index >= 15 is 0 Å². The minimum atomic E-state index is -0.468. The summed E-state index contributed by atoms with van der Waals surface area (Å²) in [4.78, 5) is 36.1. The van der Waals surface area contributed by atoms with Gasteiger partial charge in [0.1, 0.15) is 6.04 Å². The van der Waals surface area contributed by atoms with Crippen molar-refractivity contribution in [2.24, 2.45) is 11.8 Å². The molecule has 0 radical (unpaired) electrons. The summed E-state index contributed by atoms with van der Waals surface area (Å²) >= 11 is 0. The van der Waals surface area contributed by atoms with E-state index in [9.17, 15) is 14.4 Å². The molecule has 6 heteroatoms. The van der Waals surface area contributed by atoms with Gasteiger partial charge in [-0.15, -0.1) is 0 Å². The van der Waals surface area contributed by atoms with Crippen molar-refractivity contribution in [2.75, 3.05) is 5.32 Å². The van der Waals surface area contributed by atoms with Crippen molar-refractivity contribution in [1.29, 1.82) is 0 Å². The highest BCUT2D eigenvalue weighted by Gasteiger charge is 2.32. The molecule has 1 aromatic rings. The van der Waals surface area contributed by atoms with Gasteiger partial charge >= 0.3 is 0 Å². The fraction of sp³-hybridized carbons (Fsp3) is 0.571. The van der Waals surface area contributed by atoms with Crippen LogP contribution in [-0.2, 0) is 14.4 Å². The van der Waals surface area contributed by atoms with Crippen molar-refractivity contribution in [2.45, 2.75) is 64.5 Å². The Labute approximate surface area is 160 Å². The fourth-order valence-electron chi connectivity index (χ4n) is 3.74. The van der Waals surface area contributed by atoms with Crippen molar-refractivity contribution in [3.63, 3.8) is 0 Å². The topological polar surface area (TPSA) is 87.3 Å². The molecule has 2 fully saturated rings. The van der Waals surface area contributed by atoms with Crippen LogP contribution in [0.3, 0.4) is 0 Å². The van der Waals surface area contributed by atoms with E-state index in [1.54, 1.807) is 0 Å². The van der Waals surface area contributed by atoms with Crippen LogP contribution in [0.25, 0.3) is 0 Å². The summed E-state index contributed by atoms with van der Waals surface area (Å²) < 4.78 is 0. The quantitative estimate of drug-likeness (QED) is 0.689. The largest absolute Gasteiger partial charge is 0.348 e. The zero-order valence-electron chi connectivity index (χ0n) is 16.1. The molecule has 2 aliphatic carbocycles. The number of anilines is 1. The van der Waals surface area contributed by atoms with Crippen LogP contribution in [-0.4, -0.2) is 23.8 Å². The Morgan fingerprint density at radius 3 is 2.15 bits per heavy atom. The second kappa shape index (κ2) is 8.55. The Kier molecular flexibility index (Phi) is 6.14. The molecule has 0 aromatic heterocycles. The molecule has 0 aliphatic heterocycles. The Morgan fingerprint density at radius 1 is 0.963 bits per heavy atom. The van der Waals surface area contributed by atoms with Crippen LogP contribution in [0.15, 0.2) is 24.3 Å². The van der Waals surface area contributed by atoms with Crippen LogP contribution in [0.5, 0.6) is 0 Å². The molecule has 2 saturated carbocycles. The maximum absolute atomic E-state index is 12.8. The van der Waals surface area contributed by atoms with E-state index in [1.165, 1.54) is 6.92 Å². The van der Waals surface area contributed by atoms with E-state index in [-0.39, 0.29) is 35.6 Å². The first-order valence-corrected chi connectivity index (χ1v) is 9.92. The number of benzene rings is 1. The van der Waals surface area contributed by atoms with Gasteiger partial charge in [0, 0.05) is 18.5 Å². The number of carbonyl (C=O) groups is 3. The van der Waals surface area contributed by atoms with E-state index < -0.39 is 6.04 Å². The molecule has 0 spiro atoms. The highest BCUT2D eigenvalue weighted by atomic mass is 16.2. The first-order chi connectivity index (χ1) is 12.9. The monoisotopic (exact) mass is 371 g/mol. The standard InChI is InChI=1S/C21H29N3O3/c1-13(15-9-11-18(12-10-15)24-20(26)17-7-8-17)22-21(27)19(23-14(2)25)16-5-3-4-6-16/h9-13,16-17,19H,3-8H2,1-2H3,(H,22,27)(H,23,25)(H,24,26). The summed E-state index contributed by atoms with van der Waals surface area (Å²) in [6.45, 7) is 3.38. The average molecular weight is 371 g/mol. The van der Waals surface area contributed by atoms with Crippen molar-refractivity contribution >= 4 is 23.4 Å². The van der Waals surface area contributed by atoms with Crippen molar-refractivity contribution in [3.05, 3.63) is 29.8 Å². The average Bonchev–Trinajstić information content (AvgIpc) is 3.35. The highest BCUT2D eigenvalue weighted by molar-refractivity contribution is 5.94. The van der Waals surface area contributed by atoms with Gasteiger partial charge in [-0.2, -0.15) is 0 Å². The van der Waals surface area contributed by atoms with Gasteiger partial charge in [0.05, 0.1) is 6.04 Å². The molecule has 3 N–H and O–H groups in total. The predicted molar refractivity (Wildman–Crippen MR) is 104 cm³/mol. The summed E-state index contributed by atoms with van der Waals surface area (Å²) in [7, 11) is 0. The Morgan fingerprint density at radius 2 is 1.59 bits per heavy atom. The van der Waals surface area contributed by atoms with Gasteiger partial charge in [-0.1, -0.05) is 25.0 Å². The SMILES string of the molecule is CC(=O)NC(C(=O)NC(C)c1ccc(NC(=O)C2CC2)cc1)C1CCCC1. The fourth-order valence-corrected chi connectivity index (χ4v) is 3.74. The molecule has 0 saturated heterocycles. The van der Waals surface area contributed by atoms with Gasteiger partial charge < -0.3 is 16.0 Å². The van der Waals surface area contributed by atoms with Crippen LogP contribution in [0.2, 0.25) is 0 Å². The van der Waals surface area contributed by atoms with E-state index in [2.05, 4.69) is 16.0 Å².